The zero-order valence-corrected chi connectivity index (χ0v) is 13.5. The van der Waals surface area contributed by atoms with Crippen LogP contribution in [0.5, 0.6) is 0 Å². The fourth-order valence-corrected chi connectivity index (χ4v) is 3.18. The minimum absolute atomic E-state index is 0.0997. The van der Waals surface area contributed by atoms with Gasteiger partial charge in [-0.2, -0.15) is 5.10 Å². The second-order valence-electron chi connectivity index (χ2n) is 4.38. The lowest BCUT2D eigenvalue weighted by atomic mass is 10.0. The molecule has 1 atom stereocenters. The molecule has 0 bridgehead atoms. The maximum Gasteiger partial charge on any atom is 0.197 e. The summed E-state index contributed by atoms with van der Waals surface area (Å²) in [5.41, 5.74) is 3.19. The first-order chi connectivity index (χ1) is 9.08. The van der Waals surface area contributed by atoms with Crippen LogP contribution in [0.2, 0.25) is 5.22 Å². The van der Waals surface area contributed by atoms with Gasteiger partial charge >= 0.3 is 0 Å². The summed E-state index contributed by atoms with van der Waals surface area (Å²) < 4.78 is 8.16. The topological polar surface area (TPSA) is 43.0 Å². The van der Waals surface area contributed by atoms with Gasteiger partial charge in [0.2, 0.25) is 0 Å². The molecule has 6 heteroatoms. The molecule has 0 fully saturated rings. The maximum atomic E-state index is 6.05. The van der Waals surface area contributed by atoms with Crippen molar-refractivity contribution < 1.29 is 4.42 Å². The predicted octanol–water partition coefficient (Wildman–Crippen LogP) is 3.49. The quantitative estimate of drug-likeness (QED) is 0.901. The van der Waals surface area contributed by atoms with Gasteiger partial charge in [-0.05, 0) is 47.1 Å². The van der Waals surface area contributed by atoms with Crippen molar-refractivity contribution in [1.29, 1.82) is 0 Å². The van der Waals surface area contributed by atoms with Gasteiger partial charge in [0.15, 0.2) is 5.22 Å². The molecule has 0 saturated heterocycles. The van der Waals surface area contributed by atoms with Gasteiger partial charge in [0.25, 0.3) is 0 Å². The molecule has 0 aliphatic heterocycles. The SMILES string of the molecule is CCc1nn(C)c(CC(NC)c2ccoc2Cl)c1Br. The molecule has 1 N–H and O–H groups in total. The van der Waals surface area contributed by atoms with E-state index in [0.717, 1.165) is 34.3 Å². The van der Waals surface area contributed by atoms with E-state index < -0.39 is 0 Å². The zero-order chi connectivity index (χ0) is 14.0. The van der Waals surface area contributed by atoms with E-state index >= 15 is 0 Å². The van der Waals surface area contributed by atoms with Crippen molar-refractivity contribution in [2.24, 2.45) is 7.05 Å². The molecule has 0 saturated carbocycles. The van der Waals surface area contributed by atoms with Gasteiger partial charge in [0.1, 0.15) is 0 Å². The molecule has 0 spiro atoms. The predicted molar refractivity (Wildman–Crippen MR) is 79.5 cm³/mol. The number of nitrogens with one attached hydrogen (secondary N) is 1. The molecule has 0 aliphatic rings. The van der Waals surface area contributed by atoms with Crippen LogP contribution in [-0.4, -0.2) is 16.8 Å². The first-order valence-electron chi connectivity index (χ1n) is 6.18. The Labute approximate surface area is 126 Å². The Morgan fingerprint density at radius 3 is 2.79 bits per heavy atom. The third-order valence-corrected chi connectivity index (χ3v) is 4.49. The van der Waals surface area contributed by atoms with E-state index in [-0.39, 0.29) is 6.04 Å². The van der Waals surface area contributed by atoms with E-state index in [1.807, 2.05) is 24.8 Å². The number of hydrogen-bond donors (Lipinski definition) is 1. The first kappa shape index (κ1) is 14.6. The molecule has 0 amide bonds. The van der Waals surface area contributed by atoms with E-state index in [0.29, 0.717) is 5.22 Å². The van der Waals surface area contributed by atoms with Crippen LogP contribution in [0.25, 0.3) is 0 Å². The van der Waals surface area contributed by atoms with Gasteiger partial charge in [0, 0.05) is 25.1 Å². The third-order valence-electron chi connectivity index (χ3n) is 3.27. The van der Waals surface area contributed by atoms with Gasteiger partial charge in [-0.25, -0.2) is 0 Å². The summed E-state index contributed by atoms with van der Waals surface area (Å²) in [5, 5.41) is 8.21. The lowest BCUT2D eigenvalue weighted by Gasteiger charge is -2.15. The highest BCUT2D eigenvalue weighted by Crippen LogP contribution is 2.30. The van der Waals surface area contributed by atoms with Crippen LogP contribution in [-0.2, 0) is 19.9 Å². The van der Waals surface area contributed by atoms with Crippen molar-refractivity contribution >= 4 is 27.5 Å². The van der Waals surface area contributed by atoms with E-state index in [2.05, 4.69) is 33.3 Å². The molecule has 0 aromatic carbocycles. The van der Waals surface area contributed by atoms with E-state index in [4.69, 9.17) is 16.0 Å². The van der Waals surface area contributed by atoms with Crippen LogP contribution in [0.15, 0.2) is 21.2 Å². The van der Waals surface area contributed by atoms with Gasteiger partial charge in [-0.1, -0.05) is 6.92 Å². The second kappa shape index (κ2) is 6.11. The number of nitrogens with zero attached hydrogens (tertiary/aromatic N) is 2. The summed E-state index contributed by atoms with van der Waals surface area (Å²) in [6.45, 7) is 2.10. The lowest BCUT2D eigenvalue weighted by molar-refractivity contribution is 0.533. The zero-order valence-electron chi connectivity index (χ0n) is 11.2. The maximum absolute atomic E-state index is 6.05. The normalized spacial score (nSPS) is 12.9. The molecule has 1 unspecified atom stereocenters. The summed E-state index contributed by atoms with van der Waals surface area (Å²) in [6, 6.07) is 2.00. The van der Waals surface area contributed by atoms with Crippen LogP contribution in [0.1, 0.15) is 29.9 Å². The molecular formula is C13H17BrClN3O. The fraction of sp³-hybridized carbons (Fsp3) is 0.462. The summed E-state index contributed by atoms with van der Waals surface area (Å²) in [6.07, 6.45) is 3.31. The fourth-order valence-electron chi connectivity index (χ4n) is 2.16. The van der Waals surface area contributed by atoms with Crippen LogP contribution in [0.3, 0.4) is 0 Å². The van der Waals surface area contributed by atoms with Gasteiger partial charge in [-0.3, -0.25) is 4.68 Å². The number of likely N-dealkylation sites (N-methyl/N-ethyl adjacent to an activating group) is 1. The molecule has 19 heavy (non-hydrogen) atoms. The first-order valence-corrected chi connectivity index (χ1v) is 7.36. The Balaban J connectivity index is 2.29. The molecule has 0 radical (unpaired) electrons. The summed E-state index contributed by atoms with van der Waals surface area (Å²) in [4.78, 5) is 0. The van der Waals surface area contributed by atoms with Gasteiger partial charge in [0.05, 0.1) is 22.1 Å². The smallest absolute Gasteiger partial charge is 0.197 e. The van der Waals surface area contributed by atoms with Crippen molar-refractivity contribution in [3.05, 3.63) is 39.0 Å². The summed E-state index contributed by atoms with van der Waals surface area (Å²) in [5.74, 6) is 0. The number of aromatic nitrogens is 2. The molecule has 4 nitrogen and oxygen atoms in total. The Hall–Kier alpha value is -0.780. The minimum Gasteiger partial charge on any atom is -0.453 e. The van der Waals surface area contributed by atoms with Crippen LogP contribution in [0.4, 0.5) is 0 Å². The Morgan fingerprint density at radius 1 is 1.58 bits per heavy atom. The standard InChI is InChI=1S/C13H17BrClN3O/c1-4-9-12(14)11(18(3)17-9)7-10(16-2)8-5-6-19-13(8)15/h5-6,10,16H,4,7H2,1-3H3. The number of halogens is 2. The van der Waals surface area contributed by atoms with Gasteiger partial charge in [-0.15, -0.1) is 0 Å². The number of aryl methyl sites for hydroxylation is 2. The highest BCUT2D eigenvalue weighted by molar-refractivity contribution is 9.10. The van der Waals surface area contributed by atoms with Crippen molar-refractivity contribution in [3.8, 4) is 0 Å². The van der Waals surface area contributed by atoms with Crippen LogP contribution in [0, 0.1) is 0 Å². The number of hydrogen-bond acceptors (Lipinski definition) is 3. The lowest BCUT2D eigenvalue weighted by Crippen LogP contribution is -2.20. The van der Waals surface area contributed by atoms with Crippen molar-refractivity contribution in [3.63, 3.8) is 0 Å². The molecule has 2 aromatic heterocycles. The average Bonchev–Trinajstić information content (AvgIpc) is 2.93. The number of rotatable bonds is 5. The molecule has 2 heterocycles. The summed E-state index contributed by atoms with van der Waals surface area (Å²) in [7, 11) is 3.88. The van der Waals surface area contributed by atoms with Crippen molar-refractivity contribution in [2.45, 2.75) is 25.8 Å². The molecular weight excluding hydrogens is 330 g/mol. The third kappa shape index (κ3) is 2.88. The van der Waals surface area contributed by atoms with Crippen molar-refractivity contribution in [2.75, 3.05) is 7.05 Å². The largest absolute Gasteiger partial charge is 0.453 e. The summed E-state index contributed by atoms with van der Waals surface area (Å²) >= 11 is 9.69. The number of furan rings is 1. The molecule has 2 rings (SSSR count). The Kier molecular flexibility index (Phi) is 4.71. The highest BCUT2D eigenvalue weighted by Gasteiger charge is 2.20. The van der Waals surface area contributed by atoms with Crippen molar-refractivity contribution in [1.82, 2.24) is 15.1 Å². The Morgan fingerprint density at radius 2 is 2.32 bits per heavy atom. The monoisotopic (exact) mass is 345 g/mol. The van der Waals surface area contributed by atoms with Gasteiger partial charge < -0.3 is 9.73 Å². The van der Waals surface area contributed by atoms with E-state index in [9.17, 15) is 0 Å². The van der Waals surface area contributed by atoms with E-state index in [1.54, 1.807) is 6.26 Å². The highest BCUT2D eigenvalue weighted by atomic mass is 79.9. The molecule has 104 valence electrons. The Bertz CT molecular complexity index is 564. The van der Waals surface area contributed by atoms with Crippen LogP contribution >= 0.6 is 27.5 Å². The average molecular weight is 347 g/mol. The second-order valence-corrected chi connectivity index (χ2v) is 5.52. The molecule has 2 aromatic rings. The van der Waals surface area contributed by atoms with Crippen LogP contribution < -0.4 is 5.32 Å². The molecule has 0 aliphatic carbocycles. The van der Waals surface area contributed by atoms with E-state index in [1.165, 1.54) is 0 Å². The minimum atomic E-state index is 0.0997.